The average Bonchev–Trinajstić information content (AvgIpc) is 3.25. The van der Waals surface area contributed by atoms with E-state index in [9.17, 15) is 4.79 Å². The zero-order chi connectivity index (χ0) is 20.8. The Hall–Kier alpha value is -3.86. The highest BCUT2D eigenvalue weighted by Crippen LogP contribution is 2.26. The van der Waals surface area contributed by atoms with Crippen molar-refractivity contribution in [2.24, 2.45) is 0 Å². The lowest BCUT2D eigenvalue weighted by Crippen LogP contribution is -2.17. The second-order valence-corrected chi connectivity index (χ2v) is 6.83. The van der Waals surface area contributed by atoms with Gasteiger partial charge in [0, 0.05) is 5.56 Å². The Morgan fingerprint density at radius 3 is 2.33 bits per heavy atom. The molecule has 150 valence electrons. The number of hydrogen-bond acceptors (Lipinski definition) is 3. The molecular formula is C25H23N3O2. The van der Waals surface area contributed by atoms with E-state index in [1.807, 2.05) is 97.9 Å². The molecule has 0 saturated heterocycles. The normalized spacial score (nSPS) is 10.6. The number of carbonyl (C=O) groups excluding carboxylic acids is 1. The minimum atomic E-state index is -0.249. The first-order valence-electron chi connectivity index (χ1n) is 10.0. The Morgan fingerprint density at radius 1 is 0.933 bits per heavy atom. The van der Waals surface area contributed by atoms with E-state index < -0.39 is 0 Å². The van der Waals surface area contributed by atoms with Crippen LogP contribution in [-0.4, -0.2) is 22.3 Å². The minimum absolute atomic E-state index is 0.249. The fourth-order valence-electron chi connectivity index (χ4n) is 3.15. The molecule has 0 aliphatic carbocycles. The Balaban J connectivity index is 1.71. The van der Waals surface area contributed by atoms with Crippen molar-refractivity contribution in [2.75, 3.05) is 11.9 Å². The Kier molecular flexibility index (Phi) is 5.90. The molecule has 1 aromatic heterocycles. The third kappa shape index (κ3) is 4.25. The number of nitrogens with one attached hydrogen (secondary N) is 1. The summed E-state index contributed by atoms with van der Waals surface area (Å²) in [6.45, 7) is 2.64. The van der Waals surface area contributed by atoms with Crippen LogP contribution in [0, 0.1) is 0 Å². The number of nitrogens with zero attached hydrogens (tertiary/aromatic N) is 2. The topological polar surface area (TPSA) is 56.1 Å². The third-order valence-electron chi connectivity index (χ3n) is 4.61. The first-order chi connectivity index (χ1) is 14.8. The van der Waals surface area contributed by atoms with Crippen molar-refractivity contribution in [3.8, 4) is 22.7 Å². The standard InChI is InChI=1S/C25H23N3O2/c1-2-17-30-24-16-10-9-15-21(24)26-25(29)23-18-22(19-11-5-3-6-12-19)27-28(23)20-13-7-4-8-14-20/h3-16,18H,2,17H2,1H3,(H,26,29). The fourth-order valence-corrected chi connectivity index (χ4v) is 3.15. The van der Waals surface area contributed by atoms with Crippen molar-refractivity contribution < 1.29 is 9.53 Å². The third-order valence-corrected chi connectivity index (χ3v) is 4.61. The van der Waals surface area contributed by atoms with Gasteiger partial charge < -0.3 is 10.1 Å². The summed E-state index contributed by atoms with van der Waals surface area (Å²) < 4.78 is 7.45. The highest BCUT2D eigenvalue weighted by atomic mass is 16.5. The highest BCUT2D eigenvalue weighted by molar-refractivity contribution is 6.04. The summed E-state index contributed by atoms with van der Waals surface area (Å²) in [5.41, 5.74) is 3.59. The zero-order valence-corrected chi connectivity index (χ0v) is 16.8. The van der Waals surface area contributed by atoms with E-state index in [1.54, 1.807) is 4.68 Å². The SMILES string of the molecule is CCCOc1ccccc1NC(=O)c1cc(-c2ccccc2)nn1-c1ccccc1. The van der Waals surface area contributed by atoms with Gasteiger partial charge in [-0.1, -0.05) is 67.6 Å². The van der Waals surface area contributed by atoms with Crippen molar-refractivity contribution in [1.29, 1.82) is 0 Å². The predicted octanol–water partition coefficient (Wildman–Crippen LogP) is 5.58. The number of ether oxygens (including phenoxy) is 1. The minimum Gasteiger partial charge on any atom is -0.491 e. The molecule has 4 aromatic rings. The zero-order valence-electron chi connectivity index (χ0n) is 16.8. The van der Waals surface area contributed by atoms with Crippen LogP contribution in [0.4, 0.5) is 5.69 Å². The lowest BCUT2D eigenvalue weighted by molar-refractivity contribution is 0.101. The van der Waals surface area contributed by atoms with Crippen LogP contribution in [-0.2, 0) is 0 Å². The first-order valence-corrected chi connectivity index (χ1v) is 10.0. The Labute approximate surface area is 175 Å². The molecule has 0 spiro atoms. The molecule has 0 aliphatic heterocycles. The summed E-state index contributed by atoms with van der Waals surface area (Å²) in [5, 5.41) is 7.70. The molecular weight excluding hydrogens is 374 g/mol. The molecule has 4 rings (SSSR count). The van der Waals surface area contributed by atoms with Crippen LogP contribution in [0.5, 0.6) is 5.75 Å². The molecule has 1 heterocycles. The number of anilines is 1. The molecule has 0 radical (unpaired) electrons. The lowest BCUT2D eigenvalue weighted by atomic mass is 10.1. The molecule has 5 heteroatoms. The van der Waals surface area contributed by atoms with Gasteiger partial charge in [-0.2, -0.15) is 5.10 Å². The number of carbonyl (C=O) groups is 1. The lowest BCUT2D eigenvalue weighted by Gasteiger charge is -2.12. The number of aromatic nitrogens is 2. The summed E-state index contributed by atoms with van der Waals surface area (Å²) in [6.07, 6.45) is 0.892. The highest BCUT2D eigenvalue weighted by Gasteiger charge is 2.19. The maximum absolute atomic E-state index is 13.3. The van der Waals surface area contributed by atoms with Crippen molar-refractivity contribution in [2.45, 2.75) is 13.3 Å². The molecule has 1 amide bonds. The van der Waals surface area contributed by atoms with Gasteiger partial charge in [0.2, 0.25) is 0 Å². The first kappa shape index (κ1) is 19.5. The maximum Gasteiger partial charge on any atom is 0.274 e. The van der Waals surface area contributed by atoms with Gasteiger partial charge >= 0.3 is 0 Å². The molecule has 0 aliphatic rings. The number of benzene rings is 3. The smallest absolute Gasteiger partial charge is 0.274 e. The van der Waals surface area contributed by atoms with Crippen LogP contribution >= 0.6 is 0 Å². The van der Waals surface area contributed by atoms with Gasteiger partial charge in [-0.15, -0.1) is 0 Å². The fraction of sp³-hybridized carbons (Fsp3) is 0.120. The molecule has 0 bridgehead atoms. The van der Waals surface area contributed by atoms with Crippen LogP contribution in [0.2, 0.25) is 0 Å². The van der Waals surface area contributed by atoms with Gasteiger partial charge in [0.15, 0.2) is 0 Å². The van der Waals surface area contributed by atoms with Gasteiger partial charge in [-0.25, -0.2) is 4.68 Å². The van der Waals surface area contributed by atoms with Crippen molar-refractivity contribution >= 4 is 11.6 Å². The van der Waals surface area contributed by atoms with E-state index >= 15 is 0 Å². The van der Waals surface area contributed by atoms with Crippen molar-refractivity contribution in [3.63, 3.8) is 0 Å². The number of hydrogen-bond donors (Lipinski definition) is 1. The largest absolute Gasteiger partial charge is 0.491 e. The number of rotatable bonds is 7. The molecule has 1 N–H and O–H groups in total. The predicted molar refractivity (Wildman–Crippen MR) is 119 cm³/mol. The molecule has 0 saturated carbocycles. The molecule has 0 unspecified atom stereocenters. The number of para-hydroxylation sites is 3. The second-order valence-electron chi connectivity index (χ2n) is 6.83. The summed E-state index contributed by atoms with van der Waals surface area (Å²) >= 11 is 0. The van der Waals surface area contributed by atoms with Gasteiger partial charge in [0.25, 0.3) is 5.91 Å². The molecule has 0 fully saturated rings. The second kappa shape index (κ2) is 9.09. The van der Waals surface area contributed by atoms with Crippen LogP contribution in [0.1, 0.15) is 23.8 Å². The average molecular weight is 397 g/mol. The van der Waals surface area contributed by atoms with Crippen LogP contribution < -0.4 is 10.1 Å². The van der Waals surface area contributed by atoms with E-state index in [1.165, 1.54) is 0 Å². The van der Waals surface area contributed by atoms with E-state index in [2.05, 4.69) is 5.32 Å². The van der Waals surface area contributed by atoms with Crippen molar-refractivity contribution in [1.82, 2.24) is 9.78 Å². The van der Waals surface area contributed by atoms with Gasteiger partial charge in [0.05, 0.1) is 23.7 Å². The van der Waals surface area contributed by atoms with Crippen LogP contribution in [0.3, 0.4) is 0 Å². The van der Waals surface area contributed by atoms with E-state index in [4.69, 9.17) is 9.84 Å². The summed E-state index contributed by atoms with van der Waals surface area (Å²) in [6, 6.07) is 28.7. The molecule has 30 heavy (non-hydrogen) atoms. The molecule has 0 atom stereocenters. The monoisotopic (exact) mass is 397 g/mol. The van der Waals surface area contributed by atoms with Crippen LogP contribution in [0.15, 0.2) is 91.0 Å². The molecule has 5 nitrogen and oxygen atoms in total. The van der Waals surface area contributed by atoms with E-state index in [0.29, 0.717) is 23.7 Å². The van der Waals surface area contributed by atoms with Crippen molar-refractivity contribution in [3.05, 3.63) is 96.7 Å². The number of amides is 1. The summed E-state index contributed by atoms with van der Waals surface area (Å²) in [5.74, 6) is 0.405. The van der Waals surface area contributed by atoms with E-state index in [0.717, 1.165) is 23.4 Å². The van der Waals surface area contributed by atoms with Gasteiger partial charge in [-0.05, 0) is 36.8 Å². The van der Waals surface area contributed by atoms with E-state index in [-0.39, 0.29) is 5.91 Å². The quantitative estimate of drug-likeness (QED) is 0.443. The van der Waals surface area contributed by atoms with Gasteiger partial charge in [0.1, 0.15) is 11.4 Å². The Morgan fingerprint density at radius 2 is 1.60 bits per heavy atom. The molecule has 3 aromatic carbocycles. The summed E-state index contributed by atoms with van der Waals surface area (Å²) in [4.78, 5) is 13.3. The van der Waals surface area contributed by atoms with Gasteiger partial charge in [-0.3, -0.25) is 4.79 Å². The summed E-state index contributed by atoms with van der Waals surface area (Å²) in [7, 11) is 0. The maximum atomic E-state index is 13.3. The van der Waals surface area contributed by atoms with Crippen LogP contribution in [0.25, 0.3) is 16.9 Å². The Bertz CT molecular complexity index is 1120.